The van der Waals surface area contributed by atoms with E-state index in [1.807, 2.05) is 36.1 Å². The van der Waals surface area contributed by atoms with Crippen LogP contribution in [0.1, 0.15) is 34.5 Å². The maximum absolute atomic E-state index is 15.3. The van der Waals surface area contributed by atoms with E-state index in [0.29, 0.717) is 28.9 Å². The van der Waals surface area contributed by atoms with Crippen LogP contribution in [0.15, 0.2) is 89.9 Å². The number of benzene rings is 3. The van der Waals surface area contributed by atoms with Crippen LogP contribution in [0, 0.1) is 5.82 Å². The van der Waals surface area contributed by atoms with Gasteiger partial charge in [-0.25, -0.2) is 9.37 Å². The van der Waals surface area contributed by atoms with Crippen molar-refractivity contribution >= 4 is 45.7 Å². The average molecular weight is 618 g/mol. The molecular weight excluding hydrogens is 585 g/mol. The SMILES string of the molecule is CC1CNCCN1c1ccc(Nc2ncc3cc(C(=O)c4ccccc4)c(=O)n(C4Cc5ccccc5N(C)C4=O)c3n2)cc1F. The van der Waals surface area contributed by atoms with Gasteiger partial charge in [0.2, 0.25) is 11.9 Å². The fourth-order valence-corrected chi connectivity index (χ4v) is 6.37. The number of anilines is 4. The van der Waals surface area contributed by atoms with Crippen molar-refractivity contribution in [2.45, 2.75) is 25.4 Å². The van der Waals surface area contributed by atoms with Gasteiger partial charge in [0, 0.05) is 67.7 Å². The number of ketones is 1. The van der Waals surface area contributed by atoms with E-state index >= 15 is 4.39 Å². The van der Waals surface area contributed by atoms with Crippen molar-refractivity contribution in [3.8, 4) is 0 Å². The minimum Gasteiger partial charge on any atom is -0.364 e. The normalized spacial score (nSPS) is 18.0. The van der Waals surface area contributed by atoms with Gasteiger partial charge in [0.1, 0.15) is 17.5 Å². The summed E-state index contributed by atoms with van der Waals surface area (Å²) in [5.41, 5.74) is 2.41. The molecule has 10 nitrogen and oxygen atoms in total. The van der Waals surface area contributed by atoms with E-state index in [-0.39, 0.29) is 41.3 Å². The third-order valence-electron chi connectivity index (χ3n) is 8.76. The molecule has 2 aliphatic heterocycles. The molecule has 0 aliphatic carbocycles. The molecule has 0 saturated carbocycles. The van der Waals surface area contributed by atoms with Gasteiger partial charge in [-0.3, -0.25) is 19.0 Å². The summed E-state index contributed by atoms with van der Waals surface area (Å²) in [6.07, 6.45) is 1.74. The second-order valence-electron chi connectivity index (χ2n) is 11.7. The summed E-state index contributed by atoms with van der Waals surface area (Å²) in [6.45, 7) is 4.30. The maximum atomic E-state index is 15.3. The van der Waals surface area contributed by atoms with Crippen molar-refractivity contribution in [2.75, 3.05) is 41.8 Å². The molecule has 5 aromatic rings. The van der Waals surface area contributed by atoms with Crippen molar-refractivity contribution in [3.63, 3.8) is 0 Å². The Morgan fingerprint density at radius 3 is 2.57 bits per heavy atom. The second-order valence-corrected chi connectivity index (χ2v) is 11.7. The van der Waals surface area contributed by atoms with Crippen LogP contribution in [0.3, 0.4) is 0 Å². The average Bonchev–Trinajstić information content (AvgIpc) is 3.07. The molecular formula is C35H32FN7O3. The number of likely N-dealkylation sites (N-methyl/N-ethyl adjacent to an activating group) is 1. The Kier molecular flexibility index (Phi) is 7.53. The quantitative estimate of drug-likeness (QED) is 0.269. The number of hydrogen-bond donors (Lipinski definition) is 2. The number of amides is 1. The molecule has 232 valence electrons. The highest BCUT2D eigenvalue weighted by Crippen LogP contribution is 2.33. The molecule has 3 aromatic carbocycles. The Morgan fingerprint density at radius 1 is 1.00 bits per heavy atom. The number of carbonyl (C=O) groups is 2. The molecule has 2 unspecified atom stereocenters. The minimum atomic E-state index is -0.959. The molecule has 0 radical (unpaired) electrons. The molecule has 2 aliphatic rings. The third kappa shape index (κ3) is 5.18. The number of hydrogen-bond acceptors (Lipinski definition) is 8. The first-order valence-corrected chi connectivity index (χ1v) is 15.2. The highest BCUT2D eigenvalue weighted by atomic mass is 19.1. The van der Waals surface area contributed by atoms with Crippen molar-refractivity contribution in [1.29, 1.82) is 0 Å². The highest BCUT2D eigenvalue weighted by molar-refractivity contribution is 6.10. The van der Waals surface area contributed by atoms with Crippen LogP contribution in [0.5, 0.6) is 0 Å². The fraction of sp³-hybridized carbons (Fsp3) is 0.229. The zero-order valence-electron chi connectivity index (χ0n) is 25.4. The second kappa shape index (κ2) is 11.8. The number of aromatic nitrogens is 3. The molecule has 1 fully saturated rings. The molecule has 7 rings (SSSR count). The first kappa shape index (κ1) is 29.3. The van der Waals surface area contributed by atoms with Gasteiger partial charge in [-0.05, 0) is 42.8 Å². The Bertz CT molecular complexity index is 2050. The zero-order chi connectivity index (χ0) is 31.9. The number of fused-ring (bicyclic) bond motifs is 2. The van der Waals surface area contributed by atoms with E-state index in [9.17, 15) is 14.4 Å². The fourth-order valence-electron chi connectivity index (χ4n) is 6.37. The molecule has 1 amide bonds. The van der Waals surface area contributed by atoms with Gasteiger partial charge in [-0.1, -0.05) is 48.5 Å². The lowest BCUT2D eigenvalue weighted by Crippen LogP contribution is -2.50. The Labute approximate surface area is 264 Å². The van der Waals surface area contributed by atoms with E-state index < -0.39 is 17.4 Å². The van der Waals surface area contributed by atoms with Gasteiger partial charge < -0.3 is 20.4 Å². The van der Waals surface area contributed by atoms with E-state index in [2.05, 4.69) is 20.6 Å². The van der Waals surface area contributed by atoms with E-state index in [1.165, 1.54) is 27.8 Å². The summed E-state index contributed by atoms with van der Waals surface area (Å²) < 4.78 is 16.6. The molecule has 46 heavy (non-hydrogen) atoms. The summed E-state index contributed by atoms with van der Waals surface area (Å²) in [5.74, 6) is -1.04. The van der Waals surface area contributed by atoms with Gasteiger partial charge >= 0.3 is 0 Å². The number of pyridine rings is 1. The number of halogens is 1. The van der Waals surface area contributed by atoms with Crippen molar-refractivity contribution in [1.82, 2.24) is 19.9 Å². The molecule has 2 N–H and O–H groups in total. The van der Waals surface area contributed by atoms with Crippen molar-refractivity contribution in [3.05, 3.63) is 118 Å². The van der Waals surface area contributed by atoms with Crippen LogP contribution < -0.4 is 26.0 Å². The number of carbonyl (C=O) groups excluding carboxylic acids is 2. The summed E-state index contributed by atoms with van der Waals surface area (Å²) in [7, 11) is 1.67. The number of nitrogens with one attached hydrogen (secondary N) is 2. The molecule has 2 atom stereocenters. The summed E-state index contributed by atoms with van der Waals surface area (Å²) in [4.78, 5) is 54.3. The van der Waals surface area contributed by atoms with Crippen LogP contribution in [0.4, 0.5) is 27.4 Å². The largest absolute Gasteiger partial charge is 0.364 e. The number of para-hydroxylation sites is 1. The smallest absolute Gasteiger partial charge is 0.264 e. The monoisotopic (exact) mass is 617 g/mol. The summed E-state index contributed by atoms with van der Waals surface area (Å²) >= 11 is 0. The molecule has 11 heteroatoms. The van der Waals surface area contributed by atoms with Crippen LogP contribution in [0.25, 0.3) is 11.0 Å². The van der Waals surface area contributed by atoms with E-state index in [0.717, 1.165) is 24.3 Å². The van der Waals surface area contributed by atoms with Gasteiger partial charge in [0.05, 0.1) is 11.3 Å². The van der Waals surface area contributed by atoms with Crippen LogP contribution in [-0.4, -0.2) is 58.9 Å². The lowest BCUT2D eigenvalue weighted by Gasteiger charge is -2.36. The zero-order valence-corrected chi connectivity index (χ0v) is 25.4. The lowest BCUT2D eigenvalue weighted by atomic mass is 9.96. The Hall–Kier alpha value is -5.42. The number of piperazine rings is 1. The Balaban J connectivity index is 1.32. The van der Waals surface area contributed by atoms with Crippen LogP contribution in [-0.2, 0) is 11.2 Å². The van der Waals surface area contributed by atoms with Crippen molar-refractivity contribution in [2.24, 2.45) is 0 Å². The first-order valence-electron chi connectivity index (χ1n) is 15.2. The van der Waals surface area contributed by atoms with E-state index in [4.69, 9.17) is 0 Å². The van der Waals surface area contributed by atoms with Gasteiger partial charge in [0.15, 0.2) is 5.78 Å². The van der Waals surface area contributed by atoms with E-state index in [1.54, 1.807) is 49.5 Å². The molecule has 4 heterocycles. The van der Waals surface area contributed by atoms with Gasteiger partial charge in [-0.15, -0.1) is 0 Å². The Morgan fingerprint density at radius 2 is 1.78 bits per heavy atom. The summed E-state index contributed by atoms with van der Waals surface area (Å²) in [5, 5.41) is 6.78. The van der Waals surface area contributed by atoms with Crippen molar-refractivity contribution < 1.29 is 14.0 Å². The van der Waals surface area contributed by atoms with Crippen LogP contribution >= 0.6 is 0 Å². The number of rotatable bonds is 6. The van der Waals surface area contributed by atoms with Crippen LogP contribution in [0.2, 0.25) is 0 Å². The molecule has 0 spiro atoms. The predicted molar refractivity (Wildman–Crippen MR) is 176 cm³/mol. The number of nitrogens with zero attached hydrogens (tertiary/aromatic N) is 5. The molecule has 0 bridgehead atoms. The molecule has 1 saturated heterocycles. The standard InChI is InChI=1S/C35H32FN7O3/c1-21-19-37-14-15-42(21)29-13-12-25(18-27(29)36)39-35-38-20-24-16-26(31(44)22-8-4-3-5-9-22)33(45)43(32(24)40-35)30-17-23-10-6-7-11-28(23)41(2)34(30)46/h3-13,16,18,20-21,30,37H,14-15,17,19H2,1-2H3,(H,38,39,40). The summed E-state index contributed by atoms with van der Waals surface area (Å²) in [6, 6.07) is 21.6. The van der Waals surface area contributed by atoms with Gasteiger partial charge in [0.25, 0.3) is 5.56 Å². The third-order valence-corrected chi connectivity index (χ3v) is 8.76. The highest BCUT2D eigenvalue weighted by Gasteiger charge is 2.35. The topological polar surface area (TPSA) is 112 Å². The lowest BCUT2D eigenvalue weighted by molar-refractivity contribution is -0.121. The minimum absolute atomic E-state index is 0.0860. The van der Waals surface area contributed by atoms with Gasteiger partial charge in [-0.2, -0.15) is 4.98 Å². The maximum Gasteiger partial charge on any atom is 0.264 e. The first-order chi connectivity index (χ1) is 22.3. The molecule has 2 aromatic heterocycles. The predicted octanol–water partition coefficient (Wildman–Crippen LogP) is 4.46.